The highest BCUT2D eigenvalue weighted by Gasteiger charge is 2.36. The maximum atomic E-state index is 5.90. The van der Waals surface area contributed by atoms with Crippen LogP contribution in [0.3, 0.4) is 0 Å². The first-order chi connectivity index (χ1) is 7.11. The largest absolute Gasteiger partial charge is 0.369 e. The number of nitrogens with one attached hydrogen (secondary N) is 1. The standard InChI is InChI=1S/C11H16ClN3/c1-3-9-14-8(12)6-10(15-9)13-7-11(2)4-5-11/h6H,3-5,7H2,1-2H3,(H,13,14,15). The lowest BCUT2D eigenvalue weighted by Gasteiger charge is -2.11. The third kappa shape index (κ3) is 2.81. The van der Waals surface area contributed by atoms with Gasteiger partial charge >= 0.3 is 0 Å². The molecule has 0 saturated heterocycles. The van der Waals surface area contributed by atoms with Crippen molar-refractivity contribution in [2.75, 3.05) is 11.9 Å². The maximum absolute atomic E-state index is 5.90. The number of aryl methyl sites for hydroxylation is 1. The predicted octanol–water partition coefficient (Wildman–Crippen LogP) is 2.90. The first-order valence-corrected chi connectivity index (χ1v) is 5.76. The number of anilines is 1. The summed E-state index contributed by atoms with van der Waals surface area (Å²) in [5, 5.41) is 3.85. The Morgan fingerprint density at radius 1 is 1.47 bits per heavy atom. The highest BCUT2D eigenvalue weighted by molar-refractivity contribution is 6.29. The van der Waals surface area contributed by atoms with Gasteiger partial charge in [0, 0.05) is 19.0 Å². The van der Waals surface area contributed by atoms with Gasteiger partial charge in [0.15, 0.2) is 0 Å². The monoisotopic (exact) mass is 225 g/mol. The molecule has 0 radical (unpaired) electrons. The van der Waals surface area contributed by atoms with Crippen LogP contribution in [-0.4, -0.2) is 16.5 Å². The van der Waals surface area contributed by atoms with Crippen molar-refractivity contribution in [3.63, 3.8) is 0 Å². The molecule has 2 rings (SSSR count). The molecule has 1 aliphatic rings. The van der Waals surface area contributed by atoms with Crippen LogP contribution in [0.4, 0.5) is 5.82 Å². The SMILES string of the molecule is CCc1nc(Cl)cc(NCC2(C)CC2)n1. The second kappa shape index (κ2) is 3.97. The molecular formula is C11H16ClN3. The Morgan fingerprint density at radius 2 is 2.20 bits per heavy atom. The number of hydrogen-bond acceptors (Lipinski definition) is 3. The predicted molar refractivity (Wildman–Crippen MR) is 62.3 cm³/mol. The number of rotatable bonds is 4. The summed E-state index contributed by atoms with van der Waals surface area (Å²) in [6.45, 7) is 5.28. The molecule has 1 aliphatic carbocycles. The van der Waals surface area contributed by atoms with Gasteiger partial charge in [0.2, 0.25) is 0 Å². The summed E-state index contributed by atoms with van der Waals surface area (Å²) in [5.74, 6) is 1.64. The minimum absolute atomic E-state index is 0.476. The van der Waals surface area contributed by atoms with E-state index in [1.54, 1.807) is 6.07 Å². The van der Waals surface area contributed by atoms with Gasteiger partial charge in [-0.2, -0.15) is 0 Å². The molecule has 0 spiro atoms. The Balaban J connectivity index is 2.03. The van der Waals surface area contributed by atoms with E-state index in [9.17, 15) is 0 Å². The number of halogens is 1. The summed E-state index contributed by atoms with van der Waals surface area (Å²) in [4.78, 5) is 8.50. The van der Waals surface area contributed by atoms with Crippen molar-refractivity contribution in [2.24, 2.45) is 5.41 Å². The van der Waals surface area contributed by atoms with E-state index >= 15 is 0 Å². The van der Waals surface area contributed by atoms with Crippen LogP contribution in [0.15, 0.2) is 6.07 Å². The van der Waals surface area contributed by atoms with Crippen LogP contribution < -0.4 is 5.32 Å². The zero-order valence-electron chi connectivity index (χ0n) is 9.18. The molecule has 0 bridgehead atoms. The molecule has 1 N–H and O–H groups in total. The minimum Gasteiger partial charge on any atom is -0.369 e. The first-order valence-electron chi connectivity index (χ1n) is 5.39. The lowest BCUT2D eigenvalue weighted by molar-refractivity contribution is 0.609. The van der Waals surface area contributed by atoms with Crippen LogP contribution >= 0.6 is 11.6 Å². The van der Waals surface area contributed by atoms with Crippen LogP contribution in [-0.2, 0) is 6.42 Å². The van der Waals surface area contributed by atoms with E-state index in [0.717, 1.165) is 24.6 Å². The topological polar surface area (TPSA) is 37.8 Å². The molecule has 0 atom stereocenters. The molecule has 1 fully saturated rings. The summed E-state index contributed by atoms with van der Waals surface area (Å²) in [5.41, 5.74) is 0.476. The lowest BCUT2D eigenvalue weighted by Crippen LogP contribution is -2.13. The molecule has 0 amide bonds. The van der Waals surface area contributed by atoms with E-state index in [1.165, 1.54) is 12.8 Å². The Labute approximate surface area is 95.3 Å². The number of nitrogens with zero attached hydrogens (tertiary/aromatic N) is 2. The summed E-state index contributed by atoms with van der Waals surface area (Å²) in [6, 6.07) is 1.78. The Hall–Kier alpha value is -0.830. The fraction of sp³-hybridized carbons (Fsp3) is 0.636. The van der Waals surface area contributed by atoms with Gasteiger partial charge in [0.05, 0.1) is 0 Å². The zero-order chi connectivity index (χ0) is 10.9. The van der Waals surface area contributed by atoms with Gasteiger partial charge in [0.1, 0.15) is 16.8 Å². The van der Waals surface area contributed by atoms with Gasteiger partial charge in [-0.15, -0.1) is 0 Å². The van der Waals surface area contributed by atoms with E-state index in [-0.39, 0.29) is 0 Å². The fourth-order valence-electron chi connectivity index (χ4n) is 1.41. The molecule has 0 aromatic carbocycles. The van der Waals surface area contributed by atoms with E-state index < -0.39 is 0 Å². The lowest BCUT2D eigenvalue weighted by atomic mass is 10.1. The summed E-state index contributed by atoms with van der Waals surface area (Å²) in [6.07, 6.45) is 3.42. The smallest absolute Gasteiger partial charge is 0.134 e. The Kier molecular flexibility index (Phi) is 2.83. The normalized spacial score (nSPS) is 17.5. The summed E-state index contributed by atoms with van der Waals surface area (Å²) in [7, 11) is 0. The van der Waals surface area contributed by atoms with Gasteiger partial charge in [-0.3, -0.25) is 0 Å². The molecule has 0 unspecified atom stereocenters. The average molecular weight is 226 g/mol. The number of hydrogen-bond donors (Lipinski definition) is 1. The molecule has 3 nitrogen and oxygen atoms in total. The Bertz CT molecular complexity index is 361. The maximum Gasteiger partial charge on any atom is 0.134 e. The second-order valence-electron chi connectivity index (χ2n) is 4.51. The van der Waals surface area contributed by atoms with Gasteiger partial charge in [-0.25, -0.2) is 9.97 Å². The molecule has 1 aromatic rings. The summed E-state index contributed by atoms with van der Waals surface area (Å²) < 4.78 is 0. The average Bonchev–Trinajstić information content (AvgIpc) is 2.94. The third-order valence-electron chi connectivity index (χ3n) is 2.86. The van der Waals surface area contributed by atoms with Crippen molar-refractivity contribution in [3.05, 3.63) is 17.0 Å². The molecule has 1 heterocycles. The van der Waals surface area contributed by atoms with Gasteiger partial charge in [-0.1, -0.05) is 25.4 Å². The van der Waals surface area contributed by atoms with Crippen LogP contribution in [0.2, 0.25) is 5.15 Å². The first kappa shape index (κ1) is 10.7. The molecular weight excluding hydrogens is 210 g/mol. The molecule has 15 heavy (non-hydrogen) atoms. The zero-order valence-corrected chi connectivity index (χ0v) is 9.93. The molecule has 1 aromatic heterocycles. The van der Waals surface area contributed by atoms with Gasteiger partial charge in [-0.05, 0) is 18.3 Å². The van der Waals surface area contributed by atoms with Gasteiger partial charge in [0.25, 0.3) is 0 Å². The van der Waals surface area contributed by atoms with Crippen molar-refractivity contribution in [1.29, 1.82) is 0 Å². The highest BCUT2D eigenvalue weighted by atomic mass is 35.5. The van der Waals surface area contributed by atoms with E-state index in [4.69, 9.17) is 11.6 Å². The second-order valence-corrected chi connectivity index (χ2v) is 4.90. The highest BCUT2D eigenvalue weighted by Crippen LogP contribution is 2.44. The molecule has 82 valence electrons. The van der Waals surface area contributed by atoms with E-state index in [2.05, 4.69) is 22.2 Å². The third-order valence-corrected chi connectivity index (χ3v) is 3.05. The van der Waals surface area contributed by atoms with Crippen molar-refractivity contribution in [1.82, 2.24) is 9.97 Å². The van der Waals surface area contributed by atoms with Crippen molar-refractivity contribution in [2.45, 2.75) is 33.1 Å². The van der Waals surface area contributed by atoms with Crippen molar-refractivity contribution in [3.8, 4) is 0 Å². The van der Waals surface area contributed by atoms with Crippen LogP contribution in [0.25, 0.3) is 0 Å². The van der Waals surface area contributed by atoms with Gasteiger partial charge < -0.3 is 5.32 Å². The van der Waals surface area contributed by atoms with Crippen LogP contribution in [0.5, 0.6) is 0 Å². The molecule has 1 saturated carbocycles. The fourth-order valence-corrected chi connectivity index (χ4v) is 1.61. The van der Waals surface area contributed by atoms with Crippen molar-refractivity contribution >= 4 is 17.4 Å². The van der Waals surface area contributed by atoms with Crippen LogP contribution in [0, 0.1) is 5.41 Å². The van der Waals surface area contributed by atoms with Crippen molar-refractivity contribution < 1.29 is 0 Å². The molecule has 0 aliphatic heterocycles. The molecule has 4 heteroatoms. The Morgan fingerprint density at radius 3 is 2.80 bits per heavy atom. The van der Waals surface area contributed by atoms with E-state index in [1.807, 2.05) is 6.92 Å². The summed E-state index contributed by atoms with van der Waals surface area (Å²) >= 11 is 5.90. The van der Waals surface area contributed by atoms with Crippen LogP contribution in [0.1, 0.15) is 32.5 Å². The van der Waals surface area contributed by atoms with E-state index in [0.29, 0.717) is 10.6 Å². The minimum atomic E-state index is 0.476. The quantitative estimate of drug-likeness (QED) is 0.801. The number of aromatic nitrogens is 2.